The summed E-state index contributed by atoms with van der Waals surface area (Å²) in [7, 11) is 0. The van der Waals surface area contributed by atoms with E-state index in [4.69, 9.17) is 4.11 Å². The summed E-state index contributed by atoms with van der Waals surface area (Å²) in [6.07, 6.45) is 0. The van der Waals surface area contributed by atoms with Crippen molar-refractivity contribution in [3.63, 3.8) is 0 Å². The molecule has 5 nitrogen and oxygen atoms in total. The number of piperazine rings is 1. The van der Waals surface area contributed by atoms with Crippen LogP contribution in [0, 0.1) is 6.92 Å². The van der Waals surface area contributed by atoms with Gasteiger partial charge in [0.15, 0.2) is 0 Å². The average molecular weight is 274 g/mol. The molecular formula is C12H19ClN4O. The maximum atomic E-state index is 11.7. The summed E-state index contributed by atoms with van der Waals surface area (Å²) < 4.78 is 21.1. The van der Waals surface area contributed by atoms with E-state index in [9.17, 15) is 4.79 Å². The van der Waals surface area contributed by atoms with E-state index in [0.29, 0.717) is 0 Å². The van der Waals surface area contributed by atoms with Gasteiger partial charge in [0.1, 0.15) is 5.69 Å². The van der Waals surface area contributed by atoms with E-state index < -0.39 is 12.9 Å². The third-order valence-electron chi connectivity index (χ3n) is 2.86. The van der Waals surface area contributed by atoms with E-state index in [0.717, 1.165) is 37.6 Å². The van der Waals surface area contributed by atoms with E-state index in [2.05, 4.69) is 15.2 Å². The largest absolute Gasteiger partial charge is 0.368 e. The summed E-state index contributed by atoms with van der Waals surface area (Å²) in [5, 5.41) is 5.21. The van der Waals surface area contributed by atoms with Crippen LogP contribution in [0.25, 0.3) is 0 Å². The topological polar surface area (TPSA) is 57.3 Å². The van der Waals surface area contributed by atoms with E-state index in [-0.39, 0.29) is 18.1 Å². The number of hydrogen-bond donors (Lipinski definition) is 2. The summed E-state index contributed by atoms with van der Waals surface area (Å²) >= 11 is 0. The predicted octanol–water partition coefficient (Wildman–Crippen LogP) is 0.581. The van der Waals surface area contributed by atoms with Crippen molar-refractivity contribution in [2.45, 2.75) is 6.92 Å². The summed E-state index contributed by atoms with van der Waals surface area (Å²) in [5.74, 6) is -0.681. The Balaban J connectivity index is 0.00000220. The zero-order valence-corrected chi connectivity index (χ0v) is 11.0. The maximum Gasteiger partial charge on any atom is 0.269 e. The van der Waals surface area contributed by atoms with E-state index in [1.165, 1.54) is 0 Å². The summed E-state index contributed by atoms with van der Waals surface area (Å²) in [4.78, 5) is 18.1. The van der Waals surface area contributed by atoms with Crippen molar-refractivity contribution in [1.29, 1.82) is 0 Å². The van der Waals surface area contributed by atoms with Crippen molar-refractivity contribution in [3.8, 4) is 0 Å². The number of halogens is 1. The number of carbonyl (C=O) groups excluding carboxylic acids is 1. The first-order chi connectivity index (χ1) is 9.37. The molecule has 2 rings (SSSR count). The zero-order valence-electron chi connectivity index (χ0n) is 13.2. The van der Waals surface area contributed by atoms with Gasteiger partial charge < -0.3 is 15.5 Å². The number of hydrogen-bond acceptors (Lipinski definition) is 4. The monoisotopic (exact) mass is 273 g/mol. The van der Waals surface area contributed by atoms with Gasteiger partial charge in [0.05, 0.1) is 11.4 Å². The van der Waals surface area contributed by atoms with Gasteiger partial charge >= 0.3 is 0 Å². The van der Waals surface area contributed by atoms with Gasteiger partial charge in [-0.25, -0.2) is 4.98 Å². The molecule has 0 aliphatic carbocycles. The molecule has 0 saturated carbocycles. The van der Waals surface area contributed by atoms with Crippen LogP contribution in [0.15, 0.2) is 12.1 Å². The van der Waals surface area contributed by atoms with Crippen LogP contribution in [0.1, 0.15) is 20.3 Å². The van der Waals surface area contributed by atoms with E-state index >= 15 is 0 Å². The molecule has 6 heteroatoms. The Morgan fingerprint density at radius 1 is 1.50 bits per heavy atom. The smallest absolute Gasteiger partial charge is 0.269 e. The number of carbonyl (C=O) groups is 1. The Hall–Kier alpha value is -1.33. The molecule has 1 aliphatic rings. The van der Waals surface area contributed by atoms with Gasteiger partial charge in [-0.3, -0.25) is 4.79 Å². The van der Waals surface area contributed by atoms with Crippen LogP contribution >= 0.6 is 12.4 Å². The lowest BCUT2D eigenvalue weighted by molar-refractivity contribution is 0.0958. The highest BCUT2D eigenvalue weighted by molar-refractivity contribution is 5.92. The molecule has 1 amide bonds. The van der Waals surface area contributed by atoms with Crippen molar-refractivity contribution in [2.75, 3.05) is 38.1 Å². The molecule has 0 atom stereocenters. The first kappa shape index (κ1) is 10.6. The van der Waals surface area contributed by atoms with Gasteiger partial charge in [0, 0.05) is 37.3 Å². The number of pyridine rings is 1. The molecule has 0 radical (unpaired) electrons. The van der Waals surface area contributed by atoms with Crippen LogP contribution in [0.3, 0.4) is 0 Å². The minimum atomic E-state index is -2.50. The third kappa shape index (κ3) is 3.11. The van der Waals surface area contributed by atoms with Gasteiger partial charge in [-0.15, -0.1) is 12.4 Å². The summed E-state index contributed by atoms with van der Waals surface area (Å²) in [6.45, 7) is 2.95. The quantitative estimate of drug-likeness (QED) is 0.828. The number of anilines is 1. The predicted molar refractivity (Wildman–Crippen MR) is 74.7 cm³/mol. The van der Waals surface area contributed by atoms with E-state index in [1.54, 1.807) is 6.07 Å². The fourth-order valence-electron chi connectivity index (χ4n) is 1.98. The minimum Gasteiger partial charge on any atom is -0.368 e. The highest BCUT2D eigenvalue weighted by Crippen LogP contribution is 2.18. The second-order valence-electron chi connectivity index (χ2n) is 3.99. The molecule has 1 fully saturated rings. The molecular weight excluding hydrogens is 252 g/mol. The number of nitrogens with zero attached hydrogens (tertiary/aromatic N) is 2. The lowest BCUT2D eigenvalue weighted by atomic mass is 10.2. The first-order valence-electron chi connectivity index (χ1n) is 7.13. The fraction of sp³-hybridized carbons (Fsp3) is 0.500. The van der Waals surface area contributed by atoms with Crippen molar-refractivity contribution < 1.29 is 8.91 Å². The third-order valence-corrected chi connectivity index (χ3v) is 2.86. The minimum absolute atomic E-state index is 0. The molecule has 2 heterocycles. The lowest BCUT2D eigenvalue weighted by Crippen LogP contribution is -2.43. The molecule has 0 spiro atoms. The Labute approximate surface area is 118 Å². The van der Waals surface area contributed by atoms with Crippen LogP contribution in [-0.4, -0.2) is 44.0 Å². The number of aryl methyl sites for hydroxylation is 1. The molecule has 100 valence electrons. The molecule has 0 aromatic carbocycles. The van der Waals surface area contributed by atoms with Gasteiger partial charge in [-0.1, -0.05) is 0 Å². The molecule has 1 aliphatic heterocycles. The zero-order chi connectivity index (χ0) is 14.8. The SMILES string of the molecule is Cl.[2H]C([2H])([2H])NC(=O)c1ccc(N2CCNCC2)c(C)n1. The second kappa shape index (κ2) is 6.56. The average Bonchev–Trinajstić information content (AvgIpc) is 2.37. The Morgan fingerprint density at radius 3 is 2.83 bits per heavy atom. The number of nitrogens with one attached hydrogen (secondary N) is 2. The van der Waals surface area contributed by atoms with Crippen LogP contribution in [-0.2, 0) is 0 Å². The van der Waals surface area contributed by atoms with Crippen LogP contribution in [0.4, 0.5) is 5.69 Å². The van der Waals surface area contributed by atoms with Crippen molar-refractivity contribution in [1.82, 2.24) is 15.6 Å². The molecule has 0 unspecified atom stereocenters. The Morgan fingerprint density at radius 2 is 2.22 bits per heavy atom. The fourth-order valence-corrected chi connectivity index (χ4v) is 1.98. The van der Waals surface area contributed by atoms with Gasteiger partial charge in [-0.05, 0) is 19.1 Å². The molecule has 1 saturated heterocycles. The molecule has 0 bridgehead atoms. The first-order valence-corrected chi connectivity index (χ1v) is 5.63. The summed E-state index contributed by atoms with van der Waals surface area (Å²) in [5.41, 5.74) is 1.83. The molecule has 18 heavy (non-hydrogen) atoms. The highest BCUT2D eigenvalue weighted by Gasteiger charge is 2.14. The van der Waals surface area contributed by atoms with Crippen LogP contribution in [0.5, 0.6) is 0 Å². The lowest BCUT2D eigenvalue weighted by Gasteiger charge is -2.30. The number of amides is 1. The van der Waals surface area contributed by atoms with Gasteiger partial charge in [0.2, 0.25) is 0 Å². The Bertz CT molecular complexity index is 504. The molecule has 1 aromatic heterocycles. The van der Waals surface area contributed by atoms with Gasteiger partial charge in [-0.2, -0.15) is 0 Å². The standard InChI is InChI=1S/C12H18N4O.ClH/c1-9-11(16-7-5-14-6-8-16)4-3-10(15-9)12(17)13-2;/h3-4,14H,5-8H2,1-2H3,(H,13,17);1H/i2D3;. The van der Waals surface area contributed by atoms with Crippen molar-refractivity contribution in [3.05, 3.63) is 23.5 Å². The number of rotatable bonds is 2. The van der Waals surface area contributed by atoms with E-state index in [1.807, 2.05) is 18.3 Å². The Kier molecular flexibility index (Phi) is 3.86. The highest BCUT2D eigenvalue weighted by atomic mass is 35.5. The van der Waals surface area contributed by atoms with Crippen molar-refractivity contribution >= 4 is 24.0 Å². The van der Waals surface area contributed by atoms with Gasteiger partial charge in [0.25, 0.3) is 5.91 Å². The van der Waals surface area contributed by atoms with Crippen molar-refractivity contribution in [2.24, 2.45) is 0 Å². The second-order valence-corrected chi connectivity index (χ2v) is 3.99. The molecule has 1 aromatic rings. The van der Waals surface area contributed by atoms with Crippen LogP contribution < -0.4 is 15.5 Å². The molecule has 2 N–H and O–H groups in total. The normalized spacial score (nSPS) is 18.1. The van der Waals surface area contributed by atoms with Crippen LogP contribution in [0.2, 0.25) is 0 Å². The summed E-state index contributed by atoms with van der Waals surface area (Å²) in [6, 6.07) is 3.38. The number of aromatic nitrogens is 1. The maximum absolute atomic E-state index is 11.7.